The van der Waals surface area contributed by atoms with E-state index in [4.69, 9.17) is 26.9 Å². The van der Waals surface area contributed by atoms with Crippen LogP contribution in [0.15, 0.2) is 48.0 Å². The lowest BCUT2D eigenvalue weighted by Gasteiger charge is -2.20. The Kier molecular flexibility index (Phi) is 5.69. The average Bonchev–Trinajstić information content (AvgIpc) is 3.11. The molecule has 0 bridgehead atoms. The van der Waals surface area contributed by atoms with E-state index < -0.39 is 5.82 Å². The third-order valence-corrected chi connectivity index (χ3v) is 5.42. The molecule has 1 fully saturated rings. The van der Waals surface area contributed by atoms with Gasteiger partial charge in [0.15, 0.2) is 18.2 Å². The fourth-order valence-corrected chi connectivity index (χ4v) is 3.70. The zero-order valence-electron chi connectivity index (χ0n) is 16.1. The highest BCUT2D eigenvalue weighted by atomic mass is 35.5. The van der Waals surface area contributed by atoms with Crippen molar-refractivity contribution in [3.63, 3.8) is 0 Å². The second-order valence-corrected chi connectivity index (χ2v) is 7.61. The molecule has 3 heterocycles. The van der Waals surface area contributed by atoms with E-state index in [0.717, 1.165) is 23.7 Å². The zero-order chi connectivity index (χ0) is 20.4. The molecule has 1 aliphatic heterocycles. The van der Waals surface area contributed by atoms with Gasteiger partial charge in [-0.3, -0.25) is 0 Å². The van der Waals surface area contributed by atoms with Gasteiger partial charge in [-0.25, -0.2) is 8.96 Å². The SMILES string of the molecule is C[n+]1ccc2c(ccn2Cc2c(F)cc(C(N)=NOC3CCOCC3)cc2Cl)c1. The summed E-state index contributed by atoms with van der Waals surface area (Å²) in [5, 5.41) is 5.33. The smallest absolute Gasteiger partial charge is 0.177 e. The van der Waals surface area contributed by atoms with Crippen molar-refractivity contribution in [1.29, 1.82) is 0 Å². The third-order valence-electron chi connectivity index (χ3n) is 5.08. The van der Waals surface area contributed by atoms with Gasteiger partial charge in [-0.2, -0.15) is 0 Å². The molecule has 0 atom stereocenters. The maximum Gasteiger partial charge on any atom is 0.177 e. The molecule has 0 radical (unpaired) electrons. The Morgan fingerprint density at radius 3 is 2.93 bits per heavy atom. The molecule has 2 N–H and O–H groups in total. The van der Waals surface area contributed by atoms with E-state index in [1.165, 1.54) is 6.07 Å². The lowest BCUT2D eigenvalue weighted by Crippen LogP contribution is -2.25. The first-order valence-electron chi connectivity index (χ1n) is 9.50. The summed E-state index contributed by atoms with van der Waals surface area (Å²) in [4.78, 5) is 5.46. The summed E-state index contributed by atoms with van der Waals surface area (Å²) in [6, 6.07) is 6.96. The minimum Gasteiger partial charge on any atom is -0.391 e. The zero-order valence-corrected chi connectivity index (χ0v) is 16.9. The summed E-state index contributed by atoms with van der Waals surface area (Å²) in [6.07, 6.45) is 7.37. The molecule has 0 aliphatic carbocycles. The second kappa shape index (κ2) is 8.39. The summed E-state index contributed by atoms with van der Waals surface area (Å²) >= 11 is 6.40. The number of aromatic nitrogens is 2. The molecule has 0 spiro atoms. The van der Waals surface area contributed by atoms with Crippen molar-refractivity contribution >= 4 is 28.3 Å². The van der Waals surface area contributed by atoms with Gasteiger partial charge >= 0.3 is 0 Å². The Balaban J connectivity index is 1.54. The summed E-state index contributed by atoms with van der Waals surface area (Å²) < 4.78 is 24.1. The van der Waals surface area contributed by atoms with Crippen LogP contribution in [0.25, 0.3) is 10.9 Å². The number of benzene rings is 1. The number of amidine groups is 1. The van der Waals surface area contributed by atoms with Crippen LogP contribution in [0.4, 0.5) is 4.39 Å². The van der Waals surface area contributed by atoms with E-state index in [0.29, 0.717) is 35.9 Å². The standard InChI is InChI=1S/C21H23ClFN4O2/c1-26-6-3-20-14(12-26)2-7-27(20)13-17-18(22)10-15(11-19(17)23)21(24)25-29-16-4-8-28-9-5-16/h2-3,6-7,10-12,16H,4-5,8-9,13H2,1H3,(H2,24,25)/q+1. The first-order chi connectivity index (χ1) is 14.0. The predicted molar refractivity (Wildman–Crippen MR) is 109 cm³/mol. The topological polar surface area (TPSA) is 65.7 Å². The van der Waals surface area contributed by atoms with E-state index >= 15 is 0 Å². The van der Waals surface area contributed by atoms with E-state index in [-0.39, 0.29) is 11.9 Å². The lowest BCUT2D eigenvalue weighted by molar-refractivity contribution is -0.670. The number of oxime groups is 1. The van der Waals surface area contributed by atoms with Crippen LogP contribution in [0, 0.1) is 5.82 Å². The van der Waals surface area contributed by atoms with Gasteiger partial charge in [-0.1, -0.05) is 16.8 Å². The molecule has 1 saturated heterocycles. The van der Waals surface area contributed by atoms with Crippen molar-refractivity contribution in [1.82, 2.24) is 4.57 Å². The van der Waals surface area contributed by atoms with Gasteiger partial charge < -0.3 is 19.9 Å². The van der Waals surface area contributed by atoms with Gasteiger partial charge in [-0.05, 0) is 18.2 Å². The third kappa shape index (κ3) is 4.36. The molecule has 4 rings (SSSR count). The van der Waals surface area contributed by atoms with Crippen LogP contribution >= 0.6 is 11.6 Å². The number of rotatable bonds is 5. The Labute approximate surface area is 173 Å². The highest BCUT2D eigenvalue weighted by molar-refractivity contribution is 6.31. The Bertz CT molecular complexity index is 1040. The maximum absolute atomic E-state index is 14.9. The molecular formula is C21H23ClFN4O2+. The van der Waals surface area contributed by atoms with Crippen LogP contribution in [-0.4, -0.2) is 29.7 Å². The molecule has 8 heteroatoms. The molecular weight excluding hydrogens is 395 g/mol. The van der Waals surface area contributed by atoms with Gasteiger partial charge in [0.1, 0.15) is 19.0 Å². The number of hydrogen-bond donors (Lipinski definition) is 1. The predicted octanol–water partition coefficient (Wildman–Crippen LogP) is 3.12. The summed E-state index contributed by atoms with van der Waals surface area (Å²) in [5.74, 6) is -0.331. The normalized spacial score (nSPS) is 15.8. The van der Waals surface area contributed by atoms with Crippen LogP contribution in [0.1, 0.15) is 24.0 Å². The number of hydrogen-bond acceptors (Lipinski definition) is 3. The van der Waals surface area contributed by atoms with Crippen molar-refractivity contribution in [3.8, 4) is 0 Å². The van der Waals surface area contributed by atoms with E-state index in [9.17, 15) is 4.39 Å². The second-order valence-electron chi connectivity index (χ2n) is 7.21. The van der Waals surface area contributed by atoms with Gasteiger partial charge in [0.05, 0.1) is 30.7 Å². The largest absolute Gasteiger partial charge is 0.391 e. The van der Waals surface area contributed by atoms with Crippen LogP contribution < -0.4 is 10.3 Å². The quantitative estimate of drug-likeness (QED) is 0.300. The van der Waals surface area contributed by atoms with E-state index in [1.807, 2.05) is 46.9 Å². The van der Waals surface area contributed by atoms with Gasteiger partial charge in [0, 0.05) is 41.3 Å². The lowest BCUT2D eigenvalue weighted by atomic mass is 10.1. The Morgan fingerprint density at radius 2 is 2.17 bits per heavy atom. The highest BCUT2D eigenvalue weighted by Crippen LogP contribution is 2.25. The number of nitrogens with two attached hydrogens (primary N) is 1. The molecule has 6 nitrogen and oxygen atoms in total. The number of pyridine rings is 1. The molecule has 29 heavy (non-hydrogen) atoms. The maximum atomic E-state index is 14.9. The van der Waals surface area contributed by atoms with Crippen LogP contribution in [0.2, 0.25) is 5.02 Å². The summed E-state index contributed by atoms with van der Waals surface area (Å²) in [5.41, 5.74) is 7.79. The monoisotopic (exact) mass is 417 g/mol. The molecule has 152 valence electrons. The van der Waals surface area contributed by atoms with Gasteiger partial charge in [0.2, 0.25) is 0 Å². The van der Waals surface area contributed by atoms with Crippen molar-refractivity contribution < 1.29 is 18.5 Å². The molecule has 3 aromatic rings. The fraction of sp³-hybridized carbons (Fsp3) is 0.333. The minimum atomic E-state index is -0.431. The van der Waals surface area contributed by atoms with E-state index in [2.05, 4.69) is 5.16 Å². The molecule has 0 unspecified atom stereocenters. The molecule has 1 aromatic carbocycles. The van der Waals surface area contributed by atoms with E-state index in [1.54, 1.807) is 6.07 Å². The van der Waals surface area contributed by atoms with Crippen LogP contribution in [0.3, 0.4) is 0 Å². The van der Waals surface area contributed by atoms with Crippen molar-refractivity contribution in [3.05, 3.63) is 64.8 Å². The summed E-state index contributed by atoms with van der Waals surface area (Å²) in [7, 11) is 1.96. The van der Waals surface area contributed by atoms with Crippen molar-refractivity contribution in [2.75, 3.05) is 13.2 Å². The van der Waals surface area contributed by atoms with Crippen molar-refractivity contribution in [2.24, 2.45) is 17.9 Å². The van der Waals surface area contributed by atoms with Gasteiger partial charge in [0.25, 0.3) is 0 Å². The van der Waals surface area contributed by atoms with Crippen molar-refractivity contribution in [2.45, 2.75) is 25.5 Å². The molecule has 2 aromatic heterocycles. The van der Waals surface area contributed by atoms with Gasteiger partial charge in [-0.15, -0.1) is 0 Å². The molecule has 0 saturated carbocycles. The first kappa shape index (κ1) is 19.7. The van der Waals surface area contributed by atoms with Crippen LogP contribution in [0.5, 0.6) is 0 Å². The summed E-state index contributed by atoms with van der Waals surface area (Å²) in [6.45, 7) is 1.60. The first-order valence-corrected chi connectivity index (χ1v) is 9.88. The number of nitrogens with zero attached hydrogens (tertiary/aromatic N) is 3. The molecule has 1 aliphatic rings. The molecule has 0 amide bonds. The number of aryl methyl sites for hydroxylation is 1. The Hall–Kier alpha value is -2.64. The minimum absolute atomic E-state index is 0.0364. The average molecular weight is 418 g/mol. The number of halogens is 2. The van der Waals surface area contributed by atoms with Crippen LogP contribution in [-0.2, 0) is 23.2 Å². The highest BCUT2D eigenvalue weighted by Gasteiger charge is 2.17. The number of fused-ring (bicyclic) bond motifs is 1. The fourth-order valence-electron chi connectivity index (χ4n) is 3.43. The number of ether oxygens (including phenoxy) is 1. The Morgan fingerprint density at radius 1 is 1.38 bits per heavy atom.